The van der Waals surface area contributed by atoms with E-state index in [4.69, 9.17) is 10.00 Å². The van der Waals surface area contributed by atoms with Crippen LogP contribution in [-0.4, -0.2) is 26.2 Å². The lowest BCUT2D eigenvalue weighted by atomic mass is 10.0. The van der Waals surface area contributed by atoms with Crippen molar-refractivity contribution in [3.63, 3.8) is 0 Å². The van der Waals surface area contributed by atoms with Gasteiger partial charge in [0.25, 0.3) is 0 Å². The Hall–Kier alpha value is -4.12. The van der Waals surface area contributed by atoms with Crippen molar-refractivity contribution in [3.05, 3.63) is 72.3 Å². The van der Waals surface area contributed by atoms with Gasteiger partial charge in [-0.05, 0) is 60.2 Å². The van der Waals surface area contributed by atoms with E-state index in [9.17, 15) is 13.6 Å². The van der Waals surface area contributed by atoms with Gasteiger partial charge in [0.2, 0.25) is 5.91 Å². The number of amides is 1. The third kappa shape index (κ3) is 5.93. The van der Waals surface area contributed by atoms with E-state index in [1.165, 1.54) is 19.2 Å². The molecule has 2 N–H and O–H groups in total. The molecule has 0 saturated carbocycles. The first kappa shape index (κ1) is 21.6. The second kappa shape index (κ2) is 10.1. The van der Waals surface area contributed by atoms with Gasteiger partial charge in [-0.25, -0.2) is 0 Å². The summed E-state index contributed by atoms with van der Waals surface area (Å²) in [6.45, 7) is -2.99. The first-order chi connectivity index (χ1) is 15.0. The first-order valence-electron chi connectivity index (χ1n) is 9.25. The molecule has 6 nitrogen and oxygen atoms in total. The van der Waals surface area contributed by atoms with Crippen LogP contribution in [0.15, 0.2) is 66.7 Å². The van der Waals surface area contributed by atoms with Gasteiger partial charge in [0.15, 0.2) is 0 Å². The molecule has 0 aliphatic carbocycles. The number of ether oxygens (including phenoxy) is 2. The fourth-order valence-electron chi connectivity index (χ4n) is 2.85. The molecule has 8 heteroatoms. The average molecular weight is 423 g/mol. The highest BCUT2D eigenvalue weighted by molar-refractivity contribution is 5.94. The van der Waals surface area contributed by atoms with Crippen LogP contribution in [0.25, 0.3) is 11.1 Å². The van der Waals surface area contributed by atoms with Crippen molar-refractivity contribution in [2.24, 2.45) is 0 Å². The summed E-state index contributed by atoms with van der Waals surface area (Å²) >= 11 is 0. The molecule has 0 bridgehead atoms. The molecule has 0 spiro atoms. The Bertz CT molecular complexity index is 1080. The number of rotatable bonds is 8. The van der Waals surface area contributed by atoms with Crippen LogP contribution in [0.2, 0.25) is 0 Å². The maximum atomic E-state index is 12.8. The number of anilines is 2. The number of hydrogen-bond acceptors (Lipinski definition) is 5. The number of carbonyl (C=O) groups is 1. The van der Waals surface area contributed by atoms with Crippen molar-refractivity contribution in [3.8, 4) is 28.7 Å². The lowest BCUT2D eigenvalue weighted by molar-refractivity contribution is -0.114. The average Bonchev–Trinajstić information content (AvgIpc) is 2.79. The SMILES string of the molecule is COc1ccc(-c2cc(NC(=O)CNc3ccc(C#N)cc3)ccc2OC(F)F)cc1. The molecule has 158 valence electrons. The van der Waals surface area contributed by atoms with Gasteiger partial charge < -0.3 is 20.1 Å². The number of methoxy groups -OCH3 is 1. The Balaban J connectivity index is 1.74. The van der Waals surface area contributed by atoms with E-state index in [0.717, 1.165) is 0 Å². The normalized spacial score (nSPS) is 10.3. The zero-order chi connectivity index (χ0) is 22.2. The molecule has 3 aromatic carbocycles. The number of benzene rings is 3. The number of nitrogens with one attached hydrogen (secondary N) is 2. The molecule has 0 radical (unpaired) electrons. The van der Waals surface area contributed by atoms with Crippen LogP contribution in [0.1, 0.15) is 5.56 Å². The van der Waals surface area contributed by atoms with Crippen molar-refractivity contribution < 1.29 is 23.0 Å². The zero-order valence-electron chi connectivity index (χ0n) is 16.6. The lowest BCUT2D eigenvalue weighted by Crippen LogP contribution is -2.21. The Morgan fingerprint density at radius 2 is 1.71 bits per heavy atom. The maximum absolute atomic E-state index is 12.8. The molecule has 0 aliphatic heterocycles. The molecule has 0 atom stereocenters. The molecular weight excluding hydrogens is 404 g/mol. The fraction of sp³-hybridized carbons (Fsp3) is 0.130. The quantitative estimate of drug-likeness (QED) is 0.539. The van der Waals surface area contributed by atoms with Gasteiger partial charge in [-0.1, -0.05) is 12.1 Å². The molecule has 0 aliphatic rings. The van der Waals surface area contributed by atoms with Crippen LogP contribution in [-0.2, 0) is 4.79 Å². The van der Waals surface area contributed by atoms with E-state index in [1.807, 2.05) is 6.07 Å². The van der Waals surface area contributed by atoms with Gasteiger partial charge >= 0.3 is 6.61 Å². The summed E-state index contributed by atoms with van der Waals surface area (Å²) < 4.78 is 35.4. The molecule has 0 fully saturated rings. The second-order valence-corrected chi connectivity index (χ2v) is 6.41. The lowest BCUT2D eigenvalue weighted by Gasteiger charge is -2.14. The molecule has 3 aromatic rings. The first-order valence-corrected chi connectivity index (χ1v) is 9.25. The van der Waals surface area contributed by atoms with E-state index in [0.29, 0.717) is 33.8 Å². The summed E-state index contributed by atoms with van der Waals surface area (Å²) in [5, 5.41) is 14.5. The fourth-order valence-corrected chi connectivity index (χ4v) is 2.85. The number of carbonyl (C=O) groups excluding carboxylic acids is 1. The third-order valence-corrected chi connectivity index (χ3v) is 4.35. The minimum absolute atomic E-state index is 0.00567. The van der Waals surface area contributed by atoms with Gasteiger partial charge in [-0.2, -0.15) is 14.0 Å². The molecule has 0 saturated heterocycles. The van der Waals surface area contributed by atoms with E-state index in [2.05, 4.69) is 15.4 Å². The molecule has 1 amide bonds. The van der Waals surface area contributed by atoms with Crippen molar-refractivity contribution in [2.75, 3.05) is 24.3 Å². The molecule has 0 unspecified atom stereocenters. The van der Waals surface area contributed by atoms with Crippen LogP contribution in [0.3, 0.4) is 0 Å². The van der Waals surface area contributed by atoms with Crippen molar-refractivity contribution >= 4 is 17.3 Å². The summed E-state index contributed by atoms with van der Waals surface area (Å²) in [7, 11) is 1.53. The predicted octanol–water partition coefficient (Wildman–Crippen LogP) is 4.89. The number of alkyl halides is 2. The predicted molar refractivity (Wildman–Crippen MR) is 113 cm³/mol. The van der Waals surface area contributed by atoms with E-state index < -0.39 is 6.61 Å². The van der Waals surface area contributed by atoms with Gasteiger partial charge in [-0.15, -0.1) is 0 Å². The number of hydrogen-bond donors (Lipinski definition) is 2. The number of nitriles is 1. The summed E-state index contributed by atoms with van der Waals surface area (Å²) in [6.07, 6.45) is 0. The molecule has 31 heavy (non-hydrogen) atoms. The van der Waals surface area contributed by atoms with E-state index in [1.54, 1.807) is 54.6 Å². The van der Waals surface area contributed by atoms with Crippen molar-refractivity contribution in [2.45, 2.75) is 6.61 Å². The highest BCUT2D eigenvalue weighted by atomic mass is 19.3. The molecular formula is C23H19F2N3O3. The summed E-state index contributed by atoms with van der Waals surface area (Å²) in [5.41, 5.74) is 2.67. The van der Waals surface area contributed by atoms with Crippen LogP contribution in [0.5, 0.6) is 11.5 Å². The topological polar surface area (TPSA) is 83.4 Å². The Kier molecular flexibility index (Phi) is 7.01. The largest absolute Gasteiger partial charge is 0.497 e. The molecule has 0 heterocycles. The minimum atomic E-state index is -2.98. The van der Waals surface area contributed by atoms with E-state index >= 15 is 0 Å². The zero-order valence-corrected chi connectivity index (χ0v) is 16.6. The van der Waals surface area contributed by atoms with E-state index in [-0.39, 0.29) is 18.2 Å². The van der Waals surface area contributed by atoms with Crippen LogP contribution < -0.4 is 20.1 Å². The number of nitrogens with zero attached hydrogens (tertiary/aromatic N) is 1. The maximum Gasteiger partial charge on any atom is 0.387 e. The van der Waals surface area contributed by atoms with Crippen LogP contribution in [0.4, 0.5) is 20.2 Å². The summed E-state index contributed by atoms with van der Waals surface area (Å²) in [5.74, 6) is 0.292. The third-order valence-electron chi connectivity index (χ3n) is 4.35. The van der Waals surface area contributed by atoms with Crippen molar-refractivity contribution in [1.82, 2.24) is 0 Å². The highest BCUT2D eigenvalue weighted by Gasteiger charge is 2.13. The Morgan fingerprint density at radius 1 is 1.03 bits per heavy atom. The van der Waals surface area contributed by atoms with Gasteiger partial charge in [-0.3, -0.25) is 4.79 Å². The Labute approximate surface area is 178 Å². The standard InChI is InChI=1S/C23H19F2N3O3/c1-30-19-9-4-16(5-10-19)20-12-18(8-11-21(20)31-23(24)25)28-22(29)14-27-17-6-2-15(13-26)3-7-17/h2-12,23,27H,14H2,1H3,(H,28,29). The summed E-state index contributed by atoms with van der Waals surface area (Å²) in [4.78, 5) is 12.3. The molecule has 0 aromatic heterocycles. The second-order valence-electron chi connectivity index (χ2n) is 6.41. The Morgan fingerprint density at radius 3 is 2.32 bits per heavy atom. The molecule has 3 rings (SSSR count). The van der Waals surface area contributed by atoms with Gasteiger partial charge in [0.1, 0.15) is 11.5 Å². The van der Waals surface area contributed by atoms with Crippen LogP contribution in [0, 0.1) is 11.3 Å². The number of halogens is 2. The van der Waals surface area contributed by atoms with Gasteiger partial charge in [0, 0.05) is 16.9 Å². The minimum Gasteiger partial charge on any atom is -0.497 e. The van der Waals surface area contributed by atoms with Crippen molar-refractivity contribution in [1.29, 1.82) is 5.26 Å². The van der Waals surface area contributed by atoms with Crippen LogP contribution >= 0.6 is 0 Å². The monoisotopic (exact) mass is 423 g/mol. The highest BCUT2D eigenvalue weighted by Crippen LogP contribution is 2.34. The summed E-state index contributed by atoms with van der Waals surface area (Å²) in [6, 6.07) is 20.0. The van der Waals surface area contributed by atoms with Gasteiger partial charge in [0.05, 0.1) is 25.3 Å². The smallest absolute Gasteiger partial charge is 0.387 e.